The number of nitrogens with zero attached hydrogens (tertiary/aromatic N) is 2. The van der Waals surface area contributed by atoms with Gasteiger partial charge in [-0.15, -0.1) is 13.2 Å². The first kappa shape index (κ1) is 9.56. The Morgan fingerprint density at radius 3 is 2.69 bits per heavy atom. The van der Waals surface area contributed by atoms with Gasteiger partial charge in [-0.2, -0.15) is 0 Å². The van der Waals surface area contributed by atoms with Crippen molar-refractivity contribution in [3.8, 4) is 0 Å². The number of aromatic nitrogens is 2. The molecule has 1 rings (SSSR count). The SMILES string of the molecule is N=C(N)Cc1cncn1C(F)(F)F. The number of nitrogens with two attached hydrogens (primary N) is 1. The van der Waals surface area contributed by atoms with Crippen LogP contribution in [0.2, 0.25) is 0 Å². The Morgan fingerprint density at radius 1 is 1.62 bits per heavy atom. The van der Waals surface area contributed by atoms with Gasteiger partial charge < -0.3 is 5.73 Å². The zero-order valence-electron chi connectivity index (χ0n) is 6.47. The van der Waals surface area contributed by atoms with Crippen molar-refractivity contribution in [2.45, 2.75) is 12.7 Å². The van der Waals surface area contributed by atoms with Gasteiger partial charge in [-0.1, -0.05) is 0 Å². The number of halogens is 3. The van der Waals surface area contributed by atoms with Crippen LogP contribution in [0.4, 0.5) is 13.2 Å². The first-order valence-corrected chi connectivity index (χ1v) is 3.32. The summed E-state index contributed by atoms with van der Waals surface area (Å²) in [6.07, 6.45) is -3.06. The molecule has 7 heteroatoms. The Bertz CT molecular complexity index is 314. The fourth-order valence-electron chi connectivity index (χ4n) is 0.877. The van der Waals surface area contributed by atoms with Crippen molar-refractivity contribution in [2.24, 2.45) is 5.73 Å². The van der Waals surface area contributed by atoms with E-state index < -0.39 is 6.30 Å². The lowest BCUT2D eigenvalue weighted by atomic mass is 10.3. The van der Waals surface area contributed by atoms with Gasteiger partial charge in [0.15, 0.2) is 0 Å². The van der Waals surface area contributed by atoms with Crippen molar-refractivity contribution >= 4 is 5.84 Å². The average Bonchev–Trinajstić information content (AvgIpc) is 2.31. The standard InChI is InChI=1S/C6H7F3N4/c7-6(8,9)13-3-12-2-4(13)1-5(10)11/h2-3H,1H2,(H3,10,11). The molecule has 0 fully saturated rings. The van der Waals surface area contributed by atoms with Crippen LogP contribution < -0.4 is 5.73 Å². The van der Waals surface area contributed by atoms with Gasteiger partial charge in [0, 0.05) is 12.6 Å². The van der Waals surface area contributed by atoms with E-state index >= 15 is 0 Å². The number of rotatable bonds is 2. The van der Waals surface area contributed by atoms with Crippen LogP contribution in [-0.4, -0.2) is 15.4 Å². The molecule has 0 aliphatic heterocycles. The van der Waals surface area contributed by atoms with Crippen LogP contribution in [0, 0.1) is 5.41 Å². The monoisotopic (exact) mass is 192 g/mol. The summed E-state index contributed by atoms with van der Waals surface area (Å²) in [7, 11) is 0. The maximum absolute atomic E-state index is 12.1. The molecule has 0 radical (unpaired) electrons. The predicted molar refractivity (Wildman–Crippen MR) is 39.1 cm³/mol. The summed E-state index contributed by atoms with van der Waals surface area (Å²) < 4.78 is 36.5. The van der Waals surface area contributed by atoms with Gasteiger partial charge in [0.2, 0.25) is 0 Å². The summed E-state index contributed by atoms with van der Waals surface area (Å²) in [6, 6.07) is 0. The van der Waals surface area contributed by atoms with E-state index in [2.05, 4.69) is 4.98 Å². The molecule has 0 atom stereocenters. The highest BCUT2D eigenvalue weighted by Gasteiger charge is 2.32. The zero-order valence-corrected chi connectivity index (χ0v) is 6.47. The normalized spacial score (nSPS) is 11.6. The fraction of sp³-hybridized carbons (Fsp3) is 0.333. The van der Waals surface area contributed by atoms with Crippen molar-refractivity contribution in [2.75, 3.05) is 0 Å². The van der Waals surface area contributed by atoms with Crippen LogP contribution in [0.1, 0.15) is 5.69 Å². The average molecular weight is 192 g/mol. The Morgan fingerprint density at radius 2 is 2.23 bits per heavy atom. The molecule has 0 saturated heterocycles. The van der Waals surface area contributed by atoms with Crippen LogP contribution in [-0.2, 0) is 12.7 Å². The van der Waals surface area contributed by atoms with E-state index in [0.717, 1.165) is 6.20 Å². The van der Waals surface area contributed by atoms with Gasteiger partial charge in [0.25, 0.3) is 0 Å². The van der Waals surface area contributed by atoms with Crippen LogP contribution in [0.3, 0.4) is 0 Å². The van der Waals surface area contributed by atoms with Crippen LogP contribution >= 0.6 is 0 Å². The van der Waals surface area contributed by atoms with E-state index in [-0.39, 0.29) is 22.5 Å². The smallest absolute Gasteiger partial charge is 0.387 e. The molecule has 1 heterocycles. The first-order valence-electron chi connectivity index (χ1n) is 3.32. The van der Waals surface area contributed by atoms with Gasteiger partial charge in [-0.3, -0.25) is 5.41 Å². The minimum atomic E-state index is -4.50. The number of hydrogen-bond donors (Lipinski definition) is 2. The highest BCUT2D eigenvalue weighted by molar-refractivity contribution is 5.78. The summed E-state index contributed by atoms with van der Waals surface area (Å²) in [4.78, 5) is 3.33. The van der Waals surface area contributed by atoms with Crippen molar-refractivity contribution in [1.29, 1.82) is 5.41 Å². The maximum Gasteiger partial charge on any atom is 0.489 e. The lowest BCUT2D eigenvalue weighted by molar-refractivity contribution is -0.205. The molecule has 3 N–H and O–H groups in total. The second-order valence-corrected chi connectivity index (χ2v) is 2.42. The predicted octanol–water partition coefficient (Wildman–Crippen LogP) is 0.838. The van der Waals surface area contributed by atoms with Gasteiger partial charge in [-0.25, -0.2) is 9.55 Å². The highest BCUT2D eigenvalue weighted by atomic mass is 19.4. The molecule has 0 spiro atoms. The van der Waals surface area contributed by atoms with E-state index in [1.165, 1.54) is 0 Å². The third kappa shape index (κ3) is 2.20. The third-order valence-corrected chi connectivity index (χ3v) is 1.36. The van der Waals surface area contributed by atoms with Gasteiger partial charge in [0.05, 0.1) is 11.5 Å². The van der Waals surface area contributed by atoms with Crippen molar-refractivity contribution in [3.05, 3.63) is 18.2 Å². The Hall–Kier alpha value is -1.53. The molecule has 0 amide bonds. The van der Waals surface area contributed by atoms with Gasteiger partial charge in [0.1, 0.15) is 6.33 Å². The number of hydrogen-bond acceptors (Lipinski definition) is 2. The van der Waals surface area contributed by atoms with Crippen molar-refractivity contribution in [1.82, 2.24) is 9.55 Å². The molecular formula is C6H7F3N4. The van der Waals surface area contributed by atoms with Crippen LogP contribution in [0.15, 0.2) is 12.5 Å². The molecular weight excluding hydrogens is 185 g/mol. The fourth-order valence-corrected chi connectivity index (χ4v) is 0.877. The minimum absolute atomic E-state index is 0.0361. The van der Waals surface area contributed by atoms with E-state index in [1.807, 2.05) is 0 Å². The second-order valence-electron chi connectivity index (χ2n) is 2.42. The Balaban J connectivity index is 2.96. The molecule has 1 aromatic heterocycles. The van der Waals surface area contributed by atoms with E-state index in [1.54, 1.807) is 0 Å². The third-order valence-electron chi connectivity index (χ3n) is 1.36. The van der Waals surface area contributed by atoms with Crippen LogP contribution in [0.25, 0.3) is 0 Å². The molecule has 0 saturated carbocycles. The van der Waals surface area contributed by atoms with E-state index in [9.17, 15) is 13.2 Å². The molecule has 0 bridgehead atoms. The lowest BCUT2D eigenvalue weighted by Crippen LogP contribution is -2.22. The summed E-state index contributed by atoms with van der Waals surface area (Å²) in [5, 5.41) is 6.84. The largest absolute Gasteiger partial charge is 0.489 e. The molecule has 72 valence electrons. The van der Waals surface area contributed by atoms with E-state index in [4.69, 9.17) is 11.1 Å². The number of amidine groups is 1. The Labute approximate surface area is 71.7 Å². The molecule has 1 aromatic rings. The van der Waals surface area contributed by atoms with Gasteiger partial charge >= 0.3 is 6.30 Å². The quantitative estimate of drug-likeness (QED) is 0.538. The lowest BCUT2D eigenvalue weighted by Gasteiger charge is -2.10. The second kappa shape index (κ2) is 3.08. The molecule has 4 nitrogen and oxygen atoms in total. The molecule has 0 aliphatic rings. The number of imidazole rings is 1. The van der Waals surface area contributed by atoms with Crippen LogP contribution in [0.5, 0.6) is 0 Å². The van der Waals surface area contributed by atoms with E-state index in [0.29, 0.717) is 6.33 Å². The highest BCUT2D eigenvalue weighted by Crippen LogP contribution is 2.23. The molecule has 0 aliphatic carbocycles. The summed E-state index contributed by atoms with van der Waals surface area (Å²) >= 11 is 0. The number of alkyl halides is 3. The van der Waals surface area contributed by atoms with Crippen molar-refractivity contribution in [3.63, 3.8) is 0 Å². The summed E-state index contributed by atoms with van der Waals surface area (Å²) in [5.74, 6) is -0.328. The number of nitrogens with one attached hydrogen (secondary N) is 1. The first-order chi connectivity index (χ1) is 5.91. The topological polar surface area (TPSA) is 67.7 Å². The summed E-state index contributed by atoms with van der Waals surface area (Å²) in [5.41, 5.74) is 4.83. The summed E-state index contributed by atoms with van der Waals surface area (Å²) in [6.45, 7) is 0. The molecule has 13 heavy (non-hydrogen) atoms. The van der Waals surface area contributed by atoms with Gasteiger partial charge in [-0.05, 0) is 0 Å². The van der Waals surface area contributed by atoms with Crippen molar-refractivity contribution < 1.29 is 13.2 Å². The minimum Gasteiger partial charge on any atom is -0.387 e. The molecule has 0 aromatic carbocycles. The maximum atomic E-state index is 12.1. The Kier molecular flexibility index (Phi) is 2.26. The zero-order chi connectivity index (χ0) is 10.1. The molecule has 0 unspecified atom stereocenters.